The molecule has 6 nitrogen and oxygen atoms in total. The van der Waals surface area contributed by atoms with Gasteiger partial charge in [0, 0.05) is 0 Å². The Labute approximate surface area is 81.4 Å². The zero-order valence-electron chi connectivity index (χ0n) is 7.36. The molecule has 0 unspecified atom stereocenters. The van der Waals surface area contributed by atoms with Crippen molar-refractivity contribution in [1.82, 2.24) is 0 Å². The second-order valence-electron chi connectivity index (χ2n) is 2.68. The van der Waals surface area contributed by atoms with Crippen LogP contribution in [0.5, 0.6) is 0 Å². The van der Waals surface area contributed by atoms with Crippen LogP contribution >= 0.6 is 0 Å². The first-order chi connectivity index (χ1) is 6.86. The van der Waals surface area contributed by atoms with Crippen LogP contribution in [0.4, 0.5) is 20.2 Å². The Balaban J connectivity index is 3.63. The number of halogens is 2. The first-order valence-corrected chi connectivity index (χ1v) is 3.63. The average Bonchev–Trinajstić information content (AvgIpc) is 2.10. The van der Waals surface area contributed by atoms with Crippen molar-refractivity contribution in [2.24, 2.45) is 0 Å². The third-order valence-corrected chi connectivity index (χ3v) is 1.80. The average molecular weight is 218 g/mol. The van der Waals surface area contributed by atoms with Crippen molar-refractivity contribution in [3.05, 3.63) is 43.5 Å². The van der Waals surface area contributed by atoms with Gasteiger partial charge in [0.1, 0.15) is 5.56 Å². The largest absolute Gasteiger partial charge is 0.317 e. The van der Waals surface area contributed by atoms with Crippen molar-refractivity contribution in [3.63, 3.8) is 0 Å². The summed E-state index contributed by atoms with van der Waals surface area (Å²) in [6, 6.07) is 0.317. The molecule has 1 rings (SSSR count). The standard InChI is InChI=1S/C7H4F2N2O4/c1-3-5(10(12)13)2-4(8)6(9)7(3)11(14)15/h2H,1H3. The molecule has 0 saturated heterocycles. The topological polar surface area (TPSA) is 86.3 Å². The molecule has 0 fully saturated rings. The van der Waals surface area contributed by atoms with Gasteiger partial charge in [-0.1, -0.05) is 0 Å². The highest BCUT2D eigenvalue weighted by Gasteiger charge is 2.29. The third kappa shape index (κ3) is 1.73. The number of hydrogen-bond acceptors (Lipinski definition) is 4. The minimum Gasteiger partial charge on any atom is -0.258 e. The van der Waals surface area contributed by atoms with Gasteiger partial charge in [0.2, 0.25) is 5.82 Å². The Morgan fingerprint density at radius 1 is 1.20 bits per heavy atom. The van der Waals surface area contributed by atoms with E-state index >= 15 is 0 Å². The molecule has 0 aliphatic rings. The number of hydrogen-bond donors (Lipinski definition) is 0. The molecular weight excluding hydrogens is 214 g/mol. The second kappa shape index (κ2) is 3.56. The van der Waals surface area contributed by atoms with Gasteiger partial charge in [0.05, 0.1) is 15.9 Å². The Hall–Kier alpha value is -2.12. The Morgan fingerprint density at radius 2 is 1.73 bits per heavy atom. The first kappa shape index (κ1) is 11.0. The van der Waals surface area contributed by atoms with Crippen molar-refractivity contribution in [3.8, 4) is 0 Å². The molecule has 0 N–H and O–H groups in total. The van der Waals surface area contributed by atoms with E-state index in [1.807, 2.05) is 0 Å². The SMILES string of the molecule is Cc1c([N+](=O)[O-])cc(F)c(F)c1[N+](=O)[O-]. The summed E-state index contributed by atoms with van der Waals surface area (Å²) < 4.78 is 25.7. The lowest BCUT2D eigenvalue weighted by molar-refractivity contribution is -0.397. The maximum absolute atomic E-state index is 12.9. The van der Waals surface area contributed by atoms with E-state index in [4.69, 9.17) is 0 Å². The lowest BCUT2D eigenvalue weighted by atomic mass is 10.1. The van der Waals surface area contributed by atoms with Gasteiger partial charge in [-0.2, -0.15) is 4.39 Å². The first-order valence-electron chi connectivity index (χ1n) is 3.63. The molecule has 0 saturated carbocycles. The highest BCUT2D eigenvalue weighted by atomic mass is 19.2. The quantitative estimate of drug-likeness (QED) is 0.561. The van der Waals surface area contributed by atoms with Crippen LogP contribution in [0.25, 0.3) is 0 Å². The van der Waals surface area contributed by atoms with Crippen molar-refractivity contribution in [2.45, 2.75) is 6.92 Å². The molecule has 0 aromatic heterocycles. The molecule has 0 heterocycles. The number of benzene rings is 1. The maximum Gasteiger partial charge on any atom is 0.317 e. The predicted octanol–water partition coefficient (Wildman–Crippen LogP) is 2.09. The summed E-state index contributed by atoms with van der Waals surface area (Å²) in [7, 11) is 0. The lowest BCUT2D eigenvalue weighted by Gasteiger charge is -2.00. The molecule has 15 heavy (non-hydrogen) atoms. The van der Waals surface area contributed by atoms with E-state index in [2.05, 4.69) is 0 Å². The molecule has 0 radical (unpaired) electrons. The van der Waals surface area contributed by atoms with Gasteiger partial charge >= 0.3 is 5.69 Å². The molecular formula is C7H4F2N2O4. The summed E-state index contributed by atoms with van der Waals surface area (Å²) in [4.78, 5) is 18.5. The molecule has 0 amide bonds. The van der Waals surface area contributed by atoms with Gasteiger partial charge in [0.15, 0.2) is 5.82 Å². The van der Waals surface area contributed by atoms with Gasteiger partial charge < -0.3 is 0 Å². The van der Waals surface area contributed by atoms with Gasteiger partial charge in [-0.25, -0.2) is 4.39 Å². The number of nitro groups is 2. The van der Waals surface area contributed by atoms with E-state index in [1.54, 1.807) is 0 Å². The van der Waals surface area contributed by atoms with Crippen LogP contribution in [0.15, 0.2) is 6.07 Å². The van der Waals surface area contributed by atoms with Crippen LogP contribution in [-0.2, 0) is 0 Å². The highest BCUT2D eigenvalue weighted by molar-refractivity contribution is 5.53. The minimum atomic E-state index is -1.69. The van der Waals surface area contributed by atoms with E-state index < -0.39 is 38.4 Å². The smallest absolute Gasteiger partial charge is 0.258 e. The van der Waals surface area contributed by atoms with Gasteiger partial charge in [-0.15, -0.1) is 0 Å². The molecule has 0 atom stereocenters. The van der Waals surface area contributed by atoms with Crippen molar-refractivity contribution in [2.75, 3.05) is 0 Å². The monoisotopic (exact) mass is 218 g/mol. The highest BCUT2D eigenvalue weighted by Crippen LogP contribution is 2.31. The van der Waals surface area contributed by atoms with E-state index in [9.17, 15) is 29.0 Å². The predicted molar refractivity (Wildman–Crippen MR) is 44.4 cm³/mol. The second-order valence-corrected chi connectivity index (χ2v) is 2.68. The zero-order valence-corrected chi connectivity index (χ0v) is 7.36. The summed E-state index contributed by atoms with van der Waals surface area (Å²) in [5.74, 6) is -3.30. The molecule has 8 heteroatoms. The van der Waals surface area contributed by atoms with Crippen molar-refractivity contribution >= 4 is 11.4 Å². The van der Waals surface area contributed by atoms with Crippen molar-refractivity contribution < 1.29 is 18.6 Å². The third-order valence-electron chi connectivity index (χ3n) is 1.80. The number of nitro benzene ring substituents is 2. The normalized spacial score (nSPS) is 10.1. The minimum absolute atomic E-state index is 0.317. The summed E-state index contributed by atoms with van der Waals surface area (Å²) in [5.41, 5.74) is -2.54. The summed E-state index contributed by atoms with van der Waals surface area (Å²) in [5, 5.41) is 20.7. The molecule has 0 aliphatic carbocycles. The summed E-state index contributed by atoms with van der Waals surface area (Å²) in [6.07, 6.45) is 0. The van der Waals surface area contributed by atoms with Gasteiger partial charge in [-0.05, 0) is 6.92 Å². The fraction of sp³-hybridized carbons (Fsp3) is 0.143. The van der Waals surface area contributed by atoms with E-state index in [1.165, 1.54) is 0 Å². The lowest BCUT2D eigenvalue weighted by Crippen LogP contribution is -2.02. The molecule has 1 aromatic carbocycles. The van der Waals surface area contributed by atoms with Crippen LogP contribution in [0.3, 0.4) is 0 Å². The molecule has 0 bridgehead atoms. The van der Waals surface area contributed by atoms with E-state index in [0.29, 0.717) is 6.07 Å². The van der Waals surface area contributed by atoms with Gasteiger partial charge in [0.25, 0.3) is 5.69 Å². The Morgan fingerprint density at radius 3 is 2.13 bits per heavy atom. The van der Waals surface area contributed by atoms with Crippen LogP contribution < -0.4 is 0 Å². The van der Waals surface area contributed by atoms with E-state index in [-0.39, 0.29) is 0 Å². The van der Waals surface area contributed by atoms with Gasteiger partial charge in [-0.3, -0.25) is 20.2 Å². The van der Waals surface area contributed by atoms with Crippen molar-refractivity contribution in [1.29, 1.82) is 0 Å². The number of nitrogens with zero attached hydrogens (tertiary/aromatic N) is 2. The van der Waals surface area contributed by atoms with Crippen LogP contribution in [-0.4, -0.2) is 9.85 Å². The Bertz CT molecular complexity index is 461. The fourth-order valence-electron chi connectivity index (χ4n) is 1.10. The van der Waals surface area contributed by atoms with E-state index in [0.717, 1.165) is 6.92 Å². The van der Waals surface area contributed by atoms with Crippen LogP contribution in [0.1, 0.15) is 5.56 Å². The zero-order chi connectivity index (χ0) is 11.7. The fourth-order valence-corrected chi connectivity index (χ4v) is 1.10. The summed E-state index contributed by atoms with van der Waals surface area (Å²) >= 11 is 0. The number of rotatable bonds is 2. The van der Waals surface area contributed by atoms with Crippen LogP contribution in [0, 0.1) is 38.8 Å². The van der Waals surface area contributed by atoms with Crippen LogP contribution in [0.2, 0.25) is 0 Å². The molecule has 1 aromatic rings. The maximum atomic E-state index is 12.9. The summed E-state index contributed by atoms with van der Waals surface area (Å²) in [6.45, 7) is 0.985. The molecule has 0 spiro atoms. The molecule has 0 aliphatic heterocycles. The Kier molecular flexibility index (Phi) is 2.60. The molecule has 80 valence electrons.